The van der Waals surface area contributed by atoms with E-state index < -0.39 is 0 Å². The summed E-state index contributed by atoms with van der Waals surface area (Å²) >= 11 is 0. The number of fused-ring (bicyclic) bond motifs is 2. The van der Waals surface area contributed by atoms with Gasteiger partial charge in [-0.3, -0.25) is 9.69 Å². The van der Waals surface area contributed by atoms with Gasteiger partial charge in [0.1, 0.15) is 5.75 Å². The summed E-state index contributed by atoms with van der Waals surface area (Å²) in [5, 5.41) is 17.9. The Labute approximate surface area is 221 Å². The quantitative estimate of drug-likeness (QED) is 0.561. The van der Waals surface area contributed by atoms with E-state index in [2.05, 4.69) is 34.6 Å². The number of amides is 1. The second kappa shape index (κ2) is 8.84. The number of benzene rings is 2. The number of hydrogen-bond acceptors (Lipinski definition) is 4. The number of piperidine rings is 2. The monoisotopic (exact) mass is 499 g/mol. The molecule has 2 saturated carbocycles. The maximum absolute atomic E-state index is 13.3. The predicted molar refractivity (Wildman–Crippen MR) is 146 cm³/mol. The topological polar surface area (TPSA) is 64.6 Å². The molecule has 5 unspecified atom stereocenters. The molecule has 2 heterocycles. The van der Waals surface area contributed by atoms with Crippen LogP contribution in [0.15, 0.2) is 48.5 Å². The molecule has 5 heteroatoms. The third kappa shape index (κ3) is 3.46. The van der Waals surface area contributed by atoms with Gasteiger partial charge in [-0.05, 0) is 118 Å². The molecule has 2 aromatic carbocycles. The van der Waals surface area contributed by atoms with E-state index in [4.69, 9.17) is 0 Å². The number of carbonyl (C=O) groups excluding carboxylic acids is 1. The average molecular weight is 500 g/mol. The average Bonchev–Trinajstić information content (AvgIpc) is 3.47. The number of phenolic OH excluding ortho intramolecular Hbond substituents is 1. The van der Waals surface area contributed by atoms with E-state index in [1.54, 1.807) is 0 Å². The highest BCUT2D eigenvalue weighted by Crippen LogP contribution is 2.75. The zero-order chi connectivity index (χ0) is 25.2. The molecule has 1 spiro atoms. The first-order valence-corrected chi connectivity index (χ1v) is 14.7. The Bertz CT molecular complexity index is 1180. The van der Waals surface area contributed by atoms with Gasteiger partial charge in [0.15, 0.2) is 0 Å². The minimum absolute atomic E-state index is 0.0206. The third-order valence-electron chi connectivity index (χ3n) is 11.2. The Hall–Kier alpha value is -2.37. The molecule has 37 heavy (non-hydrogen) atoms. The standard InChI is InChI=1S/C32H41N3O2/c1-21(34-30(37)22-7-3-2-4-8-22)29-24-12-13-31(19-24)28-17-23-10-11-26(36)18-27(23)32(29,31)14-16-35(28)20-25-9-5-6-15-33-25/h2-4,7-8,10-11,18,21,24-25,28-29,33,36H,5-6,9,12-17,19-20H2,1H3,(H,34,37)/t21?,24-,25+,28?,29?,31?,32?/m0/s1. The first-order chi connectivity index (χ1) is 18.0. The molecule has 2 saturated heterocycles. The van der Waals surface area contributed by atoms with E-state index in [9.17, 15) is 9.90 Å². The number of phenols is 1. The van der Waals surface area contributed by atoms with Crippen molar-refractivity contribution < 1.29 is 9.90 Å². The summed E-state index contributed by atoms with van der Waals surface area (Å²) in [6.45, 7) is 5.68. The Morgan fingerprint density at radius 3 is 2.84 bits per heavy atom. The Morgan fingerprint density at radius 1 is 1.16 bits per heavy atom. The van der Waals surface area contributed by atoms with Crippen LogP contribution in [0.3, 0.4) is 0 Å². The second-order valence-electron chi connectivity index (χ2n) is 12.7. The molecule has 4 fully saturated rings. The zero-order valence-electron chi connectivity index (χ0n) is 22.1. The molecule has 5 aliphatic rings. The molecule has 2 aromatic rings. The van der Waals surface area contributed by atoms with Crippen molar-refractivity contribution in [1.82, 2.24) is 15.5 Å². The van der Waals surface area contributed by atoms with E-state index in [1.165, 1.54) is 49.7 Å². The Kier molecular flexibility index (Phi) is 5.67. The van der Waals surface area contributed by atoms with Crippen LogP contribution in [0, 0.1) is 17.3 Å². The van der Waals surface area contributed by atoms with Crippen LogP contribution in [-0.2, 0) is 11.8 Å². The van der Waals surface area contributed by atoms with Crippen LogP contribution < -0.4 is 10.6 Å². The lowest BCUT2D eigenvalue weighted by Crippen LogP contribution is -2.69. The van der Waals surface area contributed by atoms with Crippen LogP contribution in [0.4, 0.5) is 0 Å². The van der Waals surface area contributed by atoms with Crippen molar-refractivity contribution in [3.63, 3.8) is 0 Å². The van der Waals surface area contributed by atoms with E-state index in [0.717, 1.165) is 38.0 Å². The summed E-state index contributed by atoms with van der Waals surface area (Å²) in [6.07, 6.45) is 9.96. The molecule has 0 aromatic heterocycles. The van der Waals surface area contributed by atoms with Gasteiger partial charge in [0.2, 0.25) is 0 Å². The molecule has 7 atom stereocenters. The number of nitrogens with zero attached hydrogens (tertiary/aromatic N) is 1. The Balaban J connectivity index is 1.27. The number of hydrogen-bond donors (Lipinski definition) is 3. The lowest BCUT2D eigenvalue weighted by molar-refractivity contribution is -0.0825. The van der Waals surface area contributed by atoms with Crippen LogP contribution in [-0.4, -0.2) is 53.7 Å². The molecule has 3 aliphatic carbocycles. The van der Waals surface area contributed by atoms with Crippen molar-refractivity contribution in [1.29, 1.82) is 0 Å². The van der Waals surface area contributed by atoms with Gasteiger partial charge in [-0.25, -0.2) is 0 Å². The van der Waals surface area contributed by atoms with Crippen LogP contribution in [0.25, 0.3) is 0 Å². The molecule has 2 aliphatic heterocycles. The molecule has 5 nitrogen and oxygen atoms in total. The summed E-state index contributed by atoms with van der Waals surface area (Å²) in [6, 6.07) is 17.1. The number of likely N-dealkylation sites (tertiary alicyclic amines) is 1. The largest absolute Gasteiger partial charge is 0.508 e. The van der Waals surface area contributed by atoms with E-state index in [1.807, 2.05) is 36.4 Å². The van der Waals surface area contributed by atoms with Crippen LogP contribution in [0.2, 0.25) is 0 Å². The summed E-state index contributed by atoms with van der Waals surface area (Å²) in [7, 11) is 0. The molecular formula is C32H41N3O2. The number of aromatic hydroxyl groups is 1. The van der Waals surface area contributed by atoms with Crippen LogP contribution in [0.1, 0.15) is 73.4 Å². The van der Waals surface area contributed by atoms with Crippen molar-refractivity contribution in [2.75, 3.05) is 19.6 Å². The van der Waals surface area contributed by atoms with Gasteiger partial charge in [0.05, 0.1) is 0 Å². The minimum Gasteiger partial charge on any atom is -0.508 e. The number of nitrogens with one attached hydrogen (secondary N) is 2. The molecule has 196 valence electrons. The van der Waals surface area contributed by atoms with Crippen molar-refractivity contribution in [3.05, 3.63) is 65.2 Å². The summed E-state index contributed by atoms with van der Waals surface area (Å²) in [5.41, 5.74) is 3.81. The lowest BCUT2D eigenvalue weighted by atomic mass is 9.45. The molecule has 7 rings (SSSR count). The molecule has 3 N–H and O–H groups in total. The lowest BCUT2D eigenvalue weighted by Gasteiger charge is -2.65. The van der Waals surface area contributed by atoms with Crippen LogP contribution in [0.5, 0.6) is 5.75 Å². The van der Waals surface area contributed by atoms with E-state index >= 15 is 0 Å². The molecule has 4 bridgehead atoms. The summed E-state index contributed by atoms with van der Waals surface area (Å²) in [4.78, 5) is 16.1. The third-order valence-corrected chi connectivity index (χ3v) is 11.2. The van der Waals surface area contributed by atoms with Gasteiger partial charge in [0.25, 0.3) is 5.91 Å². The normalized spacial score (nSPS) is 37.0. The van der Waals surface area contributed by atoms with Gasteiger partial charge in [-0.15, -0.1) is 0 Å². The molecule has 1 amide bonds. The first kappa shape index (κ1) is 23.7. The van der Waals surface area contributed by atoms with Gasteiger partial charge in [-0.1, -0.05) is 30.7 Å². The zero-order valence-corrected chi connectivity index (χ0v) is 22.1. The summed E-state index contributed by atoms with van der Waals surface area (Å²) < 4.78 is 0. The van der Waals surface area contributed by atoms with Gasteiger partial charge < -0.3 is 15.7 Å². The summed E-state index contributed by atoms with van der Waals surface area (Å²) in [5.74, 6) is 1.44. The minimum atomic E-state index is 0.0206. The smallest absolute Gasteiger partial charge is 0.251 e. The van der Waals surface area contributed by atoms with Gasteiger partial charge >= 0.3 is 0 Å². The van der Waals surface area contributed by atoms with Crippen molar-refractivity contribution in [2.24, 2.45) is 17.3 Å². The highest BCUT2D eigenvalue weighted by Gasteiger charge is 2.74. The van der Waals surface area contributed by atoms with Crippen molar-refractivity contribution in [3.8, 4) is 5.75 Å². The molecule has 0 radical (unpaired) electrons. The van der Waals surface area contributed by atoms with E-state index in [-0.39, 0.29) is 22.8 Å². The van der Waals surface area contributed by atoms with E-state index in [0.29, 0.717) is 29.7 Å². The number of carbonyl (C=O) groups is 1. The van der Waals surface area contributed by atoms with Gasteiger partial charge in [-0.2, -0.15) is 0 Å². The molecular weight excluding hydrogens is 458 g/mol. The fourth-order valence-electron chi connectivity index (χ4n) is 10.1. The number of rotatable bonds is 5. The maximum atomic E-state index is 13.3. The van der Waals surface area contributed by atoms with Crippen molar-refractivity contribution >= 4 is 5.91 Å². The van der Waals surface area contributed by atoms with Crippen LogP contribution >= 0.6 is 0 Å². The Morgan fingerprint density at radius 2 is 2.03 bits per heavy atom. The first-order valence-electron chi connectivity index (χ1n) is 14.7. The fourth-order valence-corrected chi connectivity index (χ4v) is 10.1. The predicted octanol–water partition coefficient (Wildman–Crippen LogP) is 4.64. The van der Waals surface area contributed by atoms with Crippen molar-refractivity contribution in [2.45, 2.75) is 81.8 Å². The highest BCUT2D eigenvalue weighted by atomic mass is 16.3. The fraction of sp³-hybridized carbons (Fsp3) is 0.594. The van der Waals surface area contributed by atoms with Gasteiger partial charge in [0, 0.05) is 35.6 Å². The second-order valence-corrected chi connectivity index (χ2v) is 12.7. The SMILES string of the molecule is CC(NC(=O)c1ccccc1)C1[C@H]2CCC3(C2)C2Cc4ccc(O)cc4C13CCN2C[C@H]1CCCCN1. The highest BCUT2D eigenvalue weighted by molar-refractivity contribution is 5.94. The maximum Gasteiger partial charge on any atom is 0.251 e.